The van der Waals surface area contributed by atoms with Gasteiger partial charge in [0, 0.05) is 37.1 Å². The number of likely N-dealkylation sites (N-methyl/N-ethyl adjacent to an activating group) is 1. The van der Waals surface area contributed by atoms with E-state index in [1.807, 2.05) is 12.1 Å². The Labute approximate surface area is 219 Å². The number of ether oxygens (including phenoxy) is 1. The second-order valence-corrected chi connectivity index (χ2v) is 10.7. The number of nitrogens with zero attached hydrogens (tertiary/aromatic N) is 4. The summed E-state index contributed by atoms with van der Waals surface area (Å²) < 4.78 is 7.52. The smallest absolute Gasteiger partial charge is 0.336 e. The van der Waals surface area contributed by atoms with Crippen LogP contribution in [0.5, 0.6) is 5.75 Å². The number of amidine groups is 1. The molecule has 3 N–H and O–H groups in total. The van der Waals surface area contributed by atoms with E-state index in [4.69, 9.17) is 10.5 Å². The van der Waals surface area contributed by atoms with Crippen molar-refractivity contribution in [3.63, 3.8) is 0 Å². The van der Waals surface area contributed by atoms with E-state index in [9.17, 15) is 9.59 Å². The molecule has 0 spiro atoms. The van der Waals surface area contributed by atoms with Crippen LogP contribution >= 0.6 is 11.9 Å². The van der Waals surface area contributed by atoms with E-state index in [-0.39, 0.29) is 5.84 Å². The van der Waals surface area contributed by atoms with Crippen LogP contribution in [0, 0.1) is 13.8 Å². The molecule has 10 heteroatoms. The van der Waals surface area contributed by atoms with Crippen LogP contribution in [0.15, 0.2) is 22.0 Å². The molecule has 200 valence electrons. The predicted octanol–water partition coefficient (Wildman–Crippen LogP) is 2.20. The Morgan fingerprint density at radius 1 is 1.19 bits per heavy atom. The molecule has 1 heterocycles. The fourth-order valence-electron chi connectivity index (χ4n) is 4.38. The maximum Gasteiger partial charge on any atom is 0.336 e. The van der Waals surface area contributed by atoms with Gasteiger partial charge >= 0.3 is 11.8 Å². The number of nitrogens with two attached hydrogens (primary N) is 1. The lowest BCUT2D eigenvalue weighted by Crippen LogP contribution is -2.41. The zero-order chi connectivity index (χ0) is 26.1. The van der Waals surface area contributed by atoms with Crippen LogP contribution < -0.4 is 15.8 Å². The fourth-order valence-corrected chi connectivity index (χ4v) is 5.58. The van der Waals surface area contributed by atoms with Crippen LogP contribution in [-0.2, 0) is 9.59 Å². The molecule has 2 amide bonds. The number of carbonyl (C=O) groups is 2. The van der Waals surface area contributed by atoms with Gasteiger partial charge in [0.2, 0.25) is 0 Å². The minimum atomic E-state index is -0.842. The molecule has 1 saturated carbocycles. The molecule has 9 nitrogen and oxygen atoms in total. The number of methoxy groups -OCH3 is 1. The van der Waals surface area contributed by atoms with Crippen molar-refractivity contribution in [2.45, 2.75) is 57.4 Å². The molecule has 1 aromatic carbocycles. The van der Waals surface area contributed by atoms with Gasteiger partial charge in [-0.3, -0.25) is 9.59 Å². The number of carbonyl (C=O) groups excluding carboxylic acids is 2. The lowest BCUT2D eigenvalue weighted by atomic mass is 10.1. The van der Waals surface area contributed by atoms with Crippen molar-refractivity contribution in [1.29, 1.82) is 0 Å². The van der Waals surface area contributed by atoms with Crippen molar-refractivity contribution in [2.75, 3.05) is 59.5 Å². The van der Waals surface area contributed by atoms with Crippen molar-refractivity contribution < 1.29 is 14.3 Å². The first-order valence-corrected chi connectivity index (χ1v) is 13.8. The molecule has 0 radical (unpaired) electrons. The SMILES string of the molecule is CCN(CCNC(=O)C(=O)N=C(N)CN(Sc1c(C)cc(OC)cc1C)C1CC1)CCN1CCCC1. The normalized spacial score (nSPS) is 16.7. The lowest BCUT2D eigenvalue weighted by Gasteiger charge is -2.23. The summed E-state index contributed by atoms with van der Waals surface area (Å²) in [5.41, 5.74) is 8.35. The summed E-state index contributed by atoms with van der Waals surface area (Å²) in [4.78, 5) is 34.5. The Balaban J connectivity index is 1.47. The molecule has 0 atom stereocenters. The van der Waals surface area contributed by atoms with Gasteiger partial charge in [-0.15, -0.1) is 0 Å². The van der Waals surface area contributed by atoms with Crippen molar-refractivity contribution in [1.82, 2.24) is 19.4 Å². The lowest BCUT2D eigenvalue weighted by molar-refractivity contribution is -0.137. The minimum absolute atomic E-state index is 0.152. The van der Waals surface area contributed by atoms with Crippen molar-refractivity contribution in [3.8, 4) is 5.75 Å². The van der Waals surface area contributed by atoms with Crippen molar-refractivity contribution in [3.05, 3.63) is 23.3 Å². The Hall–Kier alpha value is -2.14. The van der Waals surface area contributed by atoms with Gasteiger partial charge in [0.25, 0.3) is 0 Å². The second-order valence-electron chi connectivity index (χ2n) is 9.64. The average molecular weight is 519 g/mol. The molecule has 0 unspecified atom stereocenters. The van der Waals surface area contributed by atoms with Crippen molar-refractivity contribution >= 4 is 29.6 Å². The number of hydrogen-bond donors (Lipinski definition) is 2. The highest BCUT2D eigenvalue weighted by Crippen LogP contribution is 2.39. The van der Waals surface area contributed by atoms with E-state index in [1.54, 1.807) is 19.1 Å². The monoisotopic (exact) mass is 518 g/mol. The summed E-state index contributed by atoms with van der Waals surface area (Å²) in [5.74, 6) is -0.566. The van der Waals surface area contributed by atoms with Gasteiger partial charge in [-0.25, -0.2) is 4.31 Å². The minimum Gasteiger partial charge on any atom is -0.497 e. The van der Waals surface area contributed by atoms with Crippen LogP contribution in [0.3, 0.4) is 0 Å². The van der Waals surface area contributed by atoms with Gasteiger partial charge < -0.3 is 25.6 Å². The van der Waals surface area contributed by atoms with E-state index in [2.05, 4.69) is 45.2 Å². The molecule has 1 aromatic rings. The molecule has 1 aliphatic heterocycles. The number of rotatable bonds is 13. The zero-order valence-corrected chi connectivity index (χ0v) is 23.0. The molecule has 3 rings (SSSR count). The Kier molecular flexibility index (Phi) is 11.0. The summed E-state index contributed by atoms with van der Waals surface area (Å²) >= 11 is 1.62. The number of aryl methyl sites for hydroxylation is 2. The Bertz CT molecular complexity index is 907. The summed E-state index contributed by atoms with van der Waals surface area (Å²) in [7, 11) is 1.66. The molecule has 0 bridgehead atoms. The third-order valence-electron chi connectivity index (χ3n) is 6.68. The van der Waals surface area contributed by atoms with Crippen LogP contribution in [-0.4, -0.2) is 97.3 Å². The van der Waals surface area contributed by atoms with Gasteiger partial charge in [-0.1, -0.05) is 6.92 Å². The number of hydrogen-bond acceptors (Lipinski definition) is 7. The predicted molar refractivity (Wildman–Crippen MR) is 145 cm³/mol. The number of aliphatic imine (C=N–C) groups is 1. The first-order valence-electron chi connectivity index (χ1n) is 13.0. The highest BCUT2D eigenvalue weighted by molar-refractivity contribution is 7.97. The molecule has 0 aromatic heterocycles. The summed E-state index contributed by atoms with van der Waals surface area (Å²) in [6, 6.07) is 4.41. The summed E-state index contributed by atoms with van der Waals surface area (Å²) in [6.45, 7) is 12.9. The number of benzene rings is 1. The van der Waals surface area contributed by atoms with Gasteiger partial charge in [-0.05, 0) is 94.4 Å². The van der Waals surface area contributed by atoms with E-state index < -0.39 is 11.8 Å². The van der Waals surface area contributed by atoms with Crippen molar-refractivity contribution in [2.24, 2.45) is 10.7 Å². The quantitative estimate of drug-likeness (QED) is 0.177. The highest BCUT2D eigenvalue weighted by atomic mass is 32.2. The number of nitrogens with one attached hydrogen (secondary N) is 1. The number of amides is 2. The van der Waals surface area contributed by atoms with Gasteiger partial charge in [-0.2, -0.15) is 4.99 Å². The zero-order valence-electron chi connectivity index (χ0n) is 22.2. The van der Waals surface area contributed by atoms with Gasteiger partial charge in [0.1, 0.15) is 11.6 Å². The molecular formula is C26H42N6O3S. The molecule has 2 aliphatic rings. The third-order valence-corrected chi connectivity index (χ3v) is 8.17. The van der Waals surface area contributed by atoms with E-state index >= 15 is 0 Å². The van der Waals surface area contributed by atoms with Crippen LogP contribution in [0.25, 0.3) is 0 Å². The largest absolute Gasteiger partial charge is 0.497 e. The van der Waals surface area contributed by atoms with E-state index in [0.717, 1.165) is 54.2 Å². The van der Waals surface area contributed by atoms with Gasteiger partial charge in [0.05, 0.1) is 13.7 Å². The van der Waals surface area contributed by atoms with E-state index in [0.29, 0.717) is 25.7 Å². The summed E-state index contributed by atoms with van der Waals surface area (Å²) in [6.07, 6.45) is 4.72. The first-order chi connectivity index (χ1) is 17.3. The first kappa shape index (κ1) is 28.4. The maximum atomic E-state index is 12.4. The van der Waals surface area contributed by atoms with Gasteiger partial charge in [0.15, 0.2) is 0 Å². The topological polar surface area (TPSA) is 104 Å². The Morgan fingerprint density at radius 3 is 2.44 bits per heavy atom. The van der Waals surface area contributed by atoms with Crippen LogP contribution in [0.1, 0.15) is 43.7 Å². The molecular weight excluding hydrogens is 476 g/mol. The number of likely N-dealkylation sites (tertiary alicyclic amines) is 1. The summed E-state index contributed by atoms with van der Waals surface area (Å²) in [5, 5.41) is 2.70. The maximum absolute atomic E-state index is 12.4. The van der Waals surface area contributed by atoms with Crippen LogP contribution in [0.2, 0.25) is 0 Å². The Morgan fingerprint density at radius 2 is 1.86 bits per heavy atom. The molecule has 2 fully saturated rings. The third kappa shape index (κ3) is 8.76. The molecule has 1 aliphatic carbocycles. The molecule has 36 heavy (non-hydrogen) atoms. The highest BCUT2D eigenvalue weighted by Gasteiger charge is 2.31. The van der Waals surface area contributed by atoms with E-state index in [1.165, 1.54) is 25.9 Å². The second kappa shape index (κ2) is 14.0. The fraction of sp³-hybridized carbons (Fsp3) is 0.654. The average Bonchev–Trinajstić information content (AvgIpc) is 3.57. The van der Waals surface area contributed by atoms with Crippen LogP contribution in [0.4, 0.5) is 0 Å². The molecule has 1 saturated heterocycles. The standard InChI is InChI=1S/C26H42N6O3S/c1-5-30(14-15-31-11-6-7-12-31)13-10-28-25(33)26(34)29-23(27)18-32(21-8-9-21)36-24-19(2)16-22(35-4)17-20(24)3/h16-17,21H,5-15,18H2,1-4H3,(H,28,33)(H2,27,29,34).